The summed E-state index contributed by atoms with van der Waals surface area (Å²) in [5.41, 5.74) is 8.20. The van der Waals surface area contributed by atoms with E-state index in [-0.39, 0.29) is 18.4 Å². The molecule has 120 valence electrons. The summed E-state index contributed by atoms with van der Waals surface area (Å²) in [7, 11) is 0. The van der Waals surface area contributed by atoms with Crippen LogP contribution in [0.5, 0.6) is 0 Å². The standard InChI is InChI=1S/C18H26N2O2/c19-17-14-5-2-6-15(17)9-16(8-14)18(22)20-10-12-3-1-4-13(7-12)11-21/h1,3-4,7,14-17,21H,2,5-6,8-11,19H2,(H,20,22). The van der Waals surface area contributed by atoms with Gasteiger partial charge in [0.2, 0.25) is 5.91 Å². The first-order chi connectivity index (χ1) is 10.7. The normalized spacial score (nSPS) is 30.8. The Hall–Kier alpha value is -1.39. The molecule has 1 aromatic rings. The third-order valence-electron chi connectivity index (χ3n) is 5.42. The number of carbonyl (C=O) groups excluding carboxylic acids is 1. The highest BCUT2D eigenvalue weighted by Gasteiger charge is 2.40. The van der Waals surface area contributed by atoms with E-state index in [1.807, 2.05) is 24.3 Å². The largest absolute Gasteiger partial charge is 0.392 e. The van der Waals surface area contributed by atoms with E-state index in [9.17, 15) is 4.79 Å². The Morgan fingerprint density at radius 2 is 1.91 bits per heavy atom. The predicted molar refractivity (Wildman–Crippen MR) is 85.7 cm³/mol. The lowest BCUT2D eigenvalue weighted by Crippen LogP contribution is -2.49. The van der Waals surface area contributed by atoms with E-state index in [0.29, 0.717) is 24.4 Å². The van der Waals surface area contributed by atoms with Crippen LogP contribution in [-0.2, 0) is 17.9 Å². The molecular formula is C18H26N2O2. The molecule has 1 aromatic carbocycles. The van der Waals surface area contributed by atoms with Crippen LogP contribution in [0.25, 0.3) is 0 Å². The number of hydrogen-bond donors (Lipinski definition) is 3. The maximum Gasteiger partial charge on any atom is 0.223 e. The van der Waals surface area contributed by atoms with Gasteiger partial charge in [0.25, 0.3) is 0 Å². The molecule has 2 bridgehead atoms. The predicted octanol–water partition coefficient (Wildman–Crippen LogP) is 1.95. The Labute approximate surface area is 132 Å². The molecule has 0 aromatic heterocycles. The smallest absolute Gasteiger partial charge is 0.223 e. The highest BCUT2D eigenvalue weighted by molar-refractivity contribution is 5.78. The first-order valence-corrected chi connectivity index (χ1v) is 8.39. The van der Waals surface area contributed by atoms with Crippen LogP contribution in [0.4, 0.5) is 0 Å². The lowest BCUT2D eigenvalue weighted by molar-refractivity contribution is -0.128. The van der Waals surface area contributed by atoms with Crippen LogP contribution in [0.2, 0.25) is 0 Å². The number of carbonyl (C=O) groups is 1. The fourth-order valence-electron chi connectivity index (χ4n) is 4.17. The summed E-state index contributed by atoms with van der Waals surface area (Å²) in [5, 5.41) is 12.2. The van der Waals surface area contributed by atoms with Crippen molar-refractivity contribution in [2.45, 2.75) is 51.3 Å². The number of aliphatic hydroxyl groups excluding tert-OH is 1. The third-order valence-corrected chi connectivity index (χ3v) is 5.42. The molecule has 0 saturated heterocycles. The van der Waals surface area contributed by atoms with Crippen LogP contribution < -0.4 is 11.1 Å². The molecule has 2 aliphatic carbocycles. The van der Waals surface area contributed by atoms with Gasteiger partial charge in [-0.1, -0.05) is 30.7 Å². The number of hydrogen-bond acceptors (Lipinski definition) is 3. The molecule has 0 aliphatic heterocycles. The second kappa shape index (κ2) is 6.80. The minimum Gasteiger partial charge on any atom is -0.392 e. The molecule has 0 heterocycles. The fraction of sp³-hybridized carbons (Fsp3) is 0.611. The molecule has 4 N–H and O–H groups in total. The summed E-state index contributed by atoms with van der Waals surface area (Å²) in [5.74, 6) is 1.34. The van der Waals surface area contributed by atoms with E-state index in [0.717, 1.165) is 24.0 Å². The lowest BCUT2D eigenvalue weighted by Gasteiger charge is -2.43. The fourth-order valence-corrected chi connectivity index (χ4v) is 4.17. The first-order valence-electron chi connectivity index (χ1n) is 8.39. The molecule has 4 nitrogen and oxygen atoms in total. The van der Waals surface area contributed by atoms with Gasteiger partial charge in [0.05, 0.1) is 6.61 Å². The molecule has 0 radical (unpaired) electrons. The van der Waals surface area contributed by atoms with Crippen LogP contribution in [0.15, 0.2) is 24.3 Å². The number of rotatable bonds is 4. The van der Waals surface area contributed by atoms with E-state index in [1.165, 1.54) is 19.3 Å². The van der Waals surface area contributed by atoms with Crippen LogP contribution >= 0.6 is 0 Å². The van der Waals surface area contributed by atoms with Crippen molar-refractivity contribution in [1.82, 2.24) is 5.32 Å². The molecule has 2 aliphatic rings. The summed E-state index contributed by atoms with van der Waals surface area (Å²) < 4.78 is 0. The van der Waals surface area contributed by atoms with Gasteiger partial charge in [-0.15, -0.1) is 0 Å². The van der Waals surface area contributed by atoms with Gasteiger partial charge in [-0.05, 0) is 48.6 Å². The summed E-state index contributed by atoms with van der Waals surface area (Å²) in [6.07, 6.45) is 5.52. The lowest BCUT2D eigenvalue weighted by atomic mass is 9.65. The minimum atomic E-state index is 0.0334. The summed E-state index contributed by atoms with van der Waals surface area (Å²) in [4.78, 5) is 12.5. The molecule has 2 saturated carbocycles. The van der Waals surface area contributed by atoms with Gasteiger partial charge in [-0.3, -0.25) is 4.79 Å². The van der Waals surface area contributed by atoms with Gasteiger partial charge in [0.15, 0.2) is 0 Å². The number of fused-ring (bicyclic) bond motifs is 2. The molecule has 2 fully saturated rings. The van der Waals surface area contributed by atoms with Crippen molar-refractivity contribution in [3.8, 4) is 0 Å². The van der Waals surface area contributed by atoms with E-state index in [1.54, 1.807) is 0 Å². The summed E-state index contributed by atoms with van der Waals surface area (Å²) in [6, 6.07) is 8.02. The number of aliphatic hydroxyl groups is 1. The van der Waals surface area contributed by atoms with Gasteiger partial charge >= 0.3 is 0 Å². The second-order valence-electron chi connectivity index (χ2n) is 6.89. The highest BCUT2D eigenvalue weighted by Crippen LogP contribution is 2.41. The van der Waals surface area contributed by atoms with Crippen LogP contribution in [-0.4, -0.2) is 17.1 Å². The van der Waals surface area contributed by atoms with E-state index >= 15 is 0 Å². The Morgan fingerprint density at radius 3 is 2.59 bits per heavy atom. The quantitative estimate of drug-likeness (QED) is 0.796. The Balaban J connectivity index is 1.56. The zero-order valence-corrected chi connectivity index (χ0v) is 13.0. The van der Waals surface area contributed by atoms with Gasteiger partial charge < -0.3 is 16.2 Å². The van der Waals surface area contributed by atoms with Gasteiger partial charge in [0.1, 0.15) is 0 Å². The highest BCUT2D eigenvalue weighted by atomic mass is 16.3. The van der Waals surface area contributed by atoms with Crippen molar-refractivity contribution in [1.29, 1.82) is 0 Å². The number of nitrogens with two attached hydrogens (primary N) is 1. The zero-order valence-electron chi connectivity index (χ0n) is 13.0. The van der Waals surface area contributed by atoms with Crippen molar-refractivity contribution >= 4 is 5.91 Å². The average Bonchev–Trinajstić information content (AvgIpc) is 2.52. The van der Waals surface area contributed by atoms with Crippen molar-refractivity contribution in [3.63, 3.8) is 0 Å². The van der Waals surface area contributed by atoms with Gasteiger partial charge in [-0.2, -0.15) is 0 Å². The van der Waals surface area contributed by atoms with E-state index in [2.05, 4.69) is 5.32 Å². The molecule has 1 amide bonds. The second-order valence-corrected chi connectivity index (χ2v) is 6.89. The number of amides is 1. The average molecular weight is 302 g/mol. The maximum absolute atomic E-state index is 12.5. The molecular weight excluding hydrogens is 276 g/mol. The van der Waals surface area contributed by atoms with Gasteiger partial charge in [-0.25, -0.2) is 0 Å². The van der Waals surface area contributed by atoms with Crippen molar-refractivity contribution in [2.75, 3.05) is 0 Å². The van der Waals surface area contributed by atoms with Crippen molar-refractivity contribution < 1.29 is 9.90 Å². The van der Waals surface area contributed by atoms with Crippen LogP contribution in [0.3, 0.4) is 0 Å². The Bertz CT molecular complexity index is 518. The molecule has 3 rings (SSSR count). The molecule has 2 unspecified atom stereocenters. The number of benzene rings is 1. The van der Waals surface area contributed by atoms with Crippen molar-refractivity contribution in [3.05, 3.63) is 35.4 Å². The Kier molecular flexibility index (Phi) is 4.79. The monoisotopic (exact) mass is 302 g/mol. The summed E-state index contributed by atoms with van der Waals surface area (Å²) >= 11 is 0. The summed E-state index contributed by atoms with van der Waals surface area (Å²) in [6.45, 7) is 0.566. The molecule has 0 spiro atoms. The Morgan fingerprint density at radius 1 is 1.23 bits per heavy atom. The maximum atomic E-state index is 12.5. The van der Waals surface area contributed by atoms with Crippen LogP contribution in [0.1, 0.15) is 43.2 Å². The number of nitrogens with one attached hydrogen (secondary N) is 1. The SMILES string of the molecule is NC1C2CCCC1CC(C(=O)NCc1cccc(CO)c1)C2. The van der Waals surface area contributed by atoms with Crippen molar-refractivity contribution in [2.24, 2.45) is 23.5 Å². The molecule has 22 heavy (non-hydrogen) atoms. The van der Waals surface area contributed by atoms with Gasteiger partial charge in [0, 0.05) is 18.5 Å². The van der Waals surface area contributed by atoms with E-state index < -0.39 is 0 Å². The first kappa shape index (κ1) is 15.5. The molecule has 2 atom stereocenters. The third kappa shape index (κ3) is 3.33. The zero-order chi connectivity index (χ0) is 15.5. The van der Waals surface area contributed by atoms with E-state index in [4.69, 9.17) is 10.8 Å². The van der Waals surface area contributed by atoms with Crippen LogP contribution in [0, 0.1) is 17.8 Å². The minimum absolute atomic E-state index is 0.0334. The topological polar surface area (TPSA) is 75.4 Å². The molecule has 4 heteroatoms.